The Labute approximate surface area is 166 Å². The second-order valence-electron chi connectivity index (χ2n) is 8.38. The van der Waals surface area contributed by atoms with E-state index in [1.807, 2.05) is 0 Å². The second kappa shape index (κ2) is 10.1. The Kier molecular flexibility index (Phi) is 8.13. The highest BCUT2D eigenvalue weighted by atomic mass is 19.1. The van der Waals surface area contributed by atoms with Gasteiger partial charge in [-0.2, -0.15) is 0 Å². The van der Waals surface area contributed by atoms with Gasteiger partial charge in [0.2, 0.25) is 0 Å². The van der Waals surface area contributed by atoms with E-state index in [4.69, 9.17) is 0 Å². The van der Waals surface area contributed by atoms with Crippen LogP contribution in [-0.4, -0.2) is 18.5 Å². The normalized spacial score (nSPS) is 24.3. The van der Waals surface area contributed by atoms with Gasteiger partial charge in [0.15, 0.2) is 0 Å². The number of likely N-dealkylation sites (tertiary alicyclic amines) is 1. The summed E-state index contributed by atoms with van der Waals surface area (Å²) in [6.45, 7) is 11.5. The zero-order valence-corrected chi connectivity index (χ0v) is 18.2. The Morgan fingerprint density at radius 2 is 1.89 bits per heavy atom. The maximum atomic E-state index is 15.0. The van der Waals surface area contributed by atoms with Crippen molar-refractivity contribution >= 4 is 0 Å². The number of hydrogen-bond donors (Lipinski definition) is 0. The summed E-state index contributed by atoms with van der Waals surface area (Å²) in [7, 11) is 2.18. The van der Waals surface area contributed by atoms with Gasteiger partial charge in [-0.1, -0.05) is 38.0 Å². The molecule has 2 rings (SSSR count). The van der Waals surface area contributed by atoms with Crippen LogP contribution in [0.2, 0.25) is 0 Å². The molecule has 1 heterocycles. The highest BCUT2D eigenvalue weighted by Gasteiger charge is 2.26. The van der Waals surface area contributed by atoms with Crippen LogP contribution >= 0.6 is 0 Å². The first-order valence-electron chi connectivity index (χ1n) is 10.7. The number of rotatable bonds is 6. The van der Waals surface area contributed by atoms with E-state index in [9.17, 15) is 0 Å². The van der Waals surface area contributed by atoms with Crippen molar-refractivity contribution in [1.82, 2.24) is 4.90 Å². The van der Waals surface area contributed by atoms with Crippen LogP contribution in [0.15, 0.2) is 58.1 Å². The summed E-state index contributed by atoms with van der Waals surface area (Å²) < 4.78 is 15.0. The van der Waals surface area contributed by atoms with E-state index in [-0.39, 0.29) is 5.83 Å². The molecule has 27 heavy (non-hydrogen) atoms. The number of hydrogen-bond acceptors (Lipinski definition) is 1. The predicted octanol–water partition coefficient (Wildman–Crippen LogP) is 7.50. The lowest BCUT2D eigenvalue weighted by molar-refractivity contribution is 0.392. The highest BCUT2D eigenvalue weighted by Crippen LogP contribution is 2.40. The van der Waals surface area contributed by atoms with Crippen LogP contribution in [0.25, 0.3) is 0 Å². The summed E-state index contributed by atoms with van der Waals surface area (Å²) in [5.74, 6) is 1.01. The first-order chi connectivity index (χ1) is 12.9. The molecule has 0 aromatic rings. The SMILES string of the molecule is C\C=C(F)/C(=C\C(=C\CC)C1CC1)C(/C=C1/C(C)CCCCN1C)=C(C)C. The van der Waals surface area contributed by atoms with Crippen LogP contribution in [0.3, 0.4) is 0 Å². The average molecular weight is 372 g/mol. The molecule has 0 bridgehead atoms. The van der Waals surface area contributed by atoms with Crippen LogP contribution in [0.4, 0.5) is 4.39 Å². The van der Waals surface area contributed by atoms with E-state index in [0.29, 0.717) is 11.8 Å². The van der Waals surface area contributed by atoms with Crippen molar-refractivity contribution in [2.24, 2.45) is 11.8 Å². The minimum absolute atomic E-state index is 0.116. The molecule has 0 aromatic carbocycles. The van der Waals surface area contributed by atoms with E-state index >= 15 is 4.39 Å². The van der Waals surface area contributed by atoms with Crippen LogP contribution in [0.5, 0.6) is 0 Å². The van der Waals surface area contributed by atoms with Crippen molar-refractivity contribution in [3.63, 3.8) is 0 Å². The molecule has 2 fully saturated rings. The summed E-state index contributed by atoms with van der Waals surface area (Å²) in [5.41, 5.74) is 5.61. The van der Waals surface area contributed by atoms with Gasteiger partial charge >= 0.3 is 0 Å². The van der Waals surface area contributed by atoms with Crippen molar-refractivity contribution in [2.45, 2.75) is 73.1 Å². The van der Waals surface area contributed by atoms with E-state index in [1.165, 1.54) is 48.9 Å². The van der Waals surface area contributed by atoms with Crippen molar-refractivity contribution < 1.29 is 4.39 Å². The zero-order valence-electron chi connectivity index (χ0n) is 18.2. The van der Waals surface area contributed by atoms with Crippen LogP contribution in [-0.2, 0) is 0 Å². The third-order valence-corrected chi connectivity index (χ3v) is 5.76. The van der Waals surface area contributed by atoms with Crippen molar-refractivity contribution in [3.8, 4) is 0 Å². The van der Waals surface area contributed by atoms with Gasteiger partial charge in [-0.25, -0.2) is 4.39 Å². The summed E-state index contributed by atoms with van der Waals surface area (Å²) in [6, 6.07) is 0. The molecule has 0 radical (unpaired) electrons. The number of nitrogens with zero attached hydrogens (tertiary/aromatic N) is 1. The van der Waals surface area contributed by atoms with E-state index in [0.717, 1.165) is 24.1 Å². The Morgan fingerprint density at radius 1 is 1.19 bits per heavy atom. The summed E-state index contributed by atoms with van der Waals surface area (Å²) in [5, 5.41) is 0. The summed E-state index contributed by atoms with van der Waals surface area (Å²) >= 11 is 0. The fourth-order valence-corrected chi connectivity index (χ4v) is 3.94. The van der Waals surface area contributed by atoms with Crippen LogP contribution in [0, 0.1) is 11.8 Å². The maximum Gasteiger partial charge on any atom is 0.126 e. The van der Waals surface area contributed by atoms with Gasteiger partial charge < -0.3 is 4.90 Å². The molecule has 1 aliphatic heterocycles. The molecule has 1 nitrogen and oxygen atoms in total. The Bertz CT molecular complexity index is 652. The fourth-order valence-electron chi connectivity index (χ4n) is 3.94. The quantitative estimate of drug-likeness (QED) is 0.437. The number of halogens is 1. The first kappa shape index (κ1) is 21.7. The summed E-state index contributed by atoms with van der Waals surface area (Å²) in [6.07, 6.45) is 15.4. The van der Waals surface area contributed by atoms with Gasteiger partial charge in [0.05, 0.1) is 0 Å². The van der Waals surface area contributed by atoms with Gasteiger partial charge in [-0.15, -0.1) is 0 Å². The molecule has 1 atom stereocenters. The smallest absolute Gasteiger partial charge is 0.126 e. The van der Waals surface area contributed by atoms with Gasteiger partial charge in [0, 0.05) is 24.9 Å². The highest BCUT2D eigenvalue weighted by molar-refractivity contribution is 5.55. The molecule has 150 valence electrons. The molecule has 0 aromatic heterocycles. The van der Waals surface area contributed by atoms with Crippen LogP contribution < -0.4 is 0 Å². The molecule has 1 aliphatic carbocycles. The van der Waals surface area contributed by atoms with Crippen LogP contribution in [0.1, 0.15) is 73.1 Å². The minimum atomic E-state index is -0.116. The van der Waals surface area contributed by atoms with Crippen molar-refractivity contribution in [3.05, 3.63) is 58.1 Å². The Hall–Kier alpha value is -1.57. The van der Waals surface area contributed by atoms with Gasteiger partial charge in [-0.3, -0.25) is 0 Å². The molecular weight excluding hydrogens is 333 g/mol. The molecule has 0 spiro atoms. The molecule has 1 saturated carbocycles. The molecule has 2 heteroatoms. The minimum Gasteiger partial charge on any atom is -0.378 e. The first-order valence-corrected chi connectivity index (χ1v) is 10.7. The second-order valence-corrected chi connectivity index (χ2v) is 8.38. The number of allylic oxidation sites excluding steroid dienone is 10. The van der Waals surface area contributed by atoms with E-state index in [1.54, 1.807) is 13.0 Å². The molecule has 2 aliphatic rings. The molecule has 1 saturated heterocycles. The van der Waals surface area contributed by atoms with Gasteiger partial charge in [0.25, 0.3) is 0 Å². The van der Waals surface area contributed by atoms with E-state index in [2.05, 4.69) is 57.9 Å². The average Bonchev–Trinajstić information content (AvgIpc) is 3.47. The fraction of sp³-hybridized carbons (Fsp3) is 0.600. The van der Waals surface area contributed by atoms with Gasteiger partial charge in [0.1, 0.15) is 5.83 Å². The monoisotopic (exact) mass is 371 g/mol. The van der Waals surface area contributed by atoms with E-state index < -0.39 is 0 Å². The lowest BCUT2D eigenvalue weighted by atomic mass is 9.92. The predicted molar refractivity (Wildman–Crippen MR) is 116 cm³/mol. The Balaban J connectivity index is 2.54. The third-order valence-electron chi connectivity index (χ3n) is 5.76. The molecule has 1 unspecified atom stereocenters. The zero-order chi connectivity index (χ0) is 20.0. The van der Waals surface area contributed by atoms with Gasteiger partial charge in [-0.05, 0) is 88.0 Å². The maximum absolute atomic E-state index is 15.0. The van der Waals surface area contributed by atoms with Crippen molar-refractivity contribution in [1.29, 1.82) is 0 Å². The third kappa shape index (κ3) is 5.96. The summed E-state index contributed by atoms with van der Waals surface area (Å²) in [4.78, 5) is 2.37. The lowest BCUT2D eigenvalue weighted by Gasteiger charge is -2.25. The molecule has 0 N–H and O–H groups in total. The topological polar surface area (TPSA) is 3.24 Å². The lowest BCUT2D eigenvalue weighted by Crippen LogP contribution is -2.21. The van der Waals surface area contributed by atoms with Crippen molar-refractivity contribution in [2.75, 3.05) is 13.6 Å². The Morgan fingerprint density at radius 3 is 2.44 bits per heavy atom. The molecule has 0 amide bonds. The molecular formula is C25H38FN. The standard InChI is InChI=1S/C25H38FN/c1-7-11-21(20-13-14-20)16-23(24(26)8-2)22(18(3)4)17-25-19(5)12-9-10-15-27(25)6/h8,11,16-17,19-20H,7,9-10,12-15H2,1-6H3/b21-11-,23-16-,24-8+,25-17-. The largest absolute Gasteiger partial charge is 0.378 e.